The summed E-state index contributed by atoms with van der Waals surface area (Å²) in [5.41, 5.74) is 6.90. The molecule has 5 nitrogen and oxygen atoms in total. The highest BCUT2D eigenvalue weighted by Crippen LogP contribution is 2.25. The number of rotatable bonds is 6. The number of aliphatic hydroxyl groups is 1. The van der Waals surface area contributed by atoms with Crippen molar-refractivity contribution in [3.63, 3.8) is 0 Å². The second-order valence-electron chi connectivity index (χ2n) is 5.51. The van der Waals surface area contributed by atoms with E-state index in [1.807, 2.05) is 13.8 Å². The van der Waals surface area contributed by atoms with E-state index in [1.54, 1.807) is 6.07 Å². The summed E-state index contributed by atoms with van der Waals surface area (Å²) in [6, 6.07) is 4.66. The van der Waals surface area contributed by atoms with Crippen LogP contribution in [0.15, 0.2) is 23.1 Å². The van der Waals surface area contributed by atoms with Gasteiger partial charge in [0.2, 0.25) is 0 Å². The van der Waals surface area contributed by atoms with Crippen molar-refractivity contribution in [3.05, 3.63) is 18.2 Å². The minimum atomic E-state index is -3.23. The van der Waals surface area contributed by atoms with Gasteiger partial charge in [0.1, 0.15) is 0 Å². The second kappa shape index (κ2) is 5.79. The molecule has 6 heteroatoms. The average molecular weight is 286 g/mol. The third-order valence-electron chi connectivity index (χ3n) is 3.00. The summed E-state index contributed by atoms with van der Waals surface area (Å²) in [5.74, 6) is 0. The number of nitrogens with one attached hydrogen (secondary N) is 1. The fourth-order valence-corrected chi connectivity index (χ4v) is 2.31. The second-order valence-corrected chi connectivity index (χ2v) is 7.53. The molecule has 4 N–H and O–H groups in total. The molecule has 0 unspecified atom stereocenters. The number of hydrogen-bond donors (Lipinski definition) is 3. The van der Waals surface area contributed by atoms with Gasteiger partial charge in [-0.25, -0.2) is 8.42 Å². The molecule has 19 heavy (non-hydrogen) atoms. The fourth-order valence-electron chi connectivity index (χ4n) is 1.66. The van der Waals surface area contributed by atoms with E-state index < -0.39 is 9.84 Å². The number of anilines is 2. The van der Waals surface area contributed by atoms with E-state index in [0.29, 0.717) is 24.3 Å². The van der Waals surface area contributed by atoms with Crippen LogP contribution >= 0.6 is 0 Å². The first-order valence-electron chi connectivity index (χ1n) is 6.10. The molecule has 0 aliphatic carbocycles. The molecule has 0 saturated carbocycles. The highest BCUT2D eigenvalue weighted by Gasteiger charge is 2.17. The standard InChI is InChI=1S/C13H22N2O3S/c1-13(2,6-7-16)9-15-12-5-4-10(8-11(12)14)19(3,17)18/h4-5,8,15-16H,6-7,9,14H2,1-3H3. The normalized spacial score (nSPS) is 12.4. The van der Waals surface area contributed by atoms with Crippen LogP contribution in [-0.2, 0) is 9.84 Å². The number of nitrogen functional groups attached to an aromatic ring is 1. The summed E-state index contributed by atoms with van der Waals surface area (Å²) in [6.07, 6.45) is 1.83. The largest absolute Gasteiger partial charge is 0.397 e. The third kappa shape index (κ3) is 4.72. The van der Waals surface area contributed by atoms with Crippen molar-refractivity contribution in [2.45, 2.75) is 25.2 Å². The lowest BCUT2D eigenvalue weighted by molar-refractivity contribution is 0.220. The van der Waals surface area contributed by atoms with E-state index in [4.69, 9.17) is 10.8 Å². The predicted molar refractivity (Wildman–Crippen MR) is 77.9 cm³/mol. The number of hydrogen-bond acceptors (Lipinski definition) is 5. The van der Waals surface area contributed by atoms with Crippen LogP contribution in [0.25, 0.3) is 0 Å². The molecule has 0 spiro atoms. The molecule has 1 rings (SSSR count). The Kier molecular flexibility index (Phi) is 4.81. The summed E-state index contributed by atoms with van der Waals surface area (Å²) < 4.78 is 22.8. The first-order valence-corrected chi connectivity index (χ1v) is 7.99. The summed E-state index contributed by atoms with van der Waals surface area (Å²) >= 11 is 0. The molecule has 0 radical (unpaired) electrons. The molecule has 0 atom stereocenters. The van der Waals surface area contributed by atoms with Gasteiger partial charge in [-0.1, -0.05) is 13.8 Å². The predicted octanol–water partition coefficient (Wildman–Crippen LogP) is 1.49. The summed E-state index contributed by atoms with van der Waals surface area (Å²) in [6.45, 7) is 4.86. The van der Waals surface area contributed by atoms with Gasteiger partial charge in [0.25, 0.3) is 0 Å². The highest BCUT2D eigenvalue weighted by molar-refractivity contribution is 7.90. The van der Waals surface area contributed by atoms with Gasteiger partial charge < -0.3 is 16.2 Å². The minimum absolute atomic E-state index is 0.0588. The van der Waals surface area contributed by atoms with Crippen molar-refractivity contribution < 1.29 is 13.5 Å². The van der Waals surface area contributed by atoms with Crippen molar-refractivity contribution in [2.24, 2.45) is 5.41 Å². The van der Waals surface area contributed by atoms with Gasteiger partial charge in [-0.3, -0.25) is 0 Å². The Morgan fingerprint density at radius 2 is 2.00 bits per heavy atom. The van der Waals surface area contributed by atoms with E-state index in [2.05, 4.69) is 5.32 Å². The number of benzene rings is 1. The van der Waals surface area contributed by atoms with Crippen molar-refractivity contribution >= 4 is 21.2 Å². The summed E-state index contributed by atoms with van der Waals surface area (Å²) in [5, 5.41) is 12.1. The molecule has 0 fully saturated rings. The van der Waals surface area contributed by atoms with E-state index in [0.717, 1.165) is 6.26 Å². The molecule has 0 aliphatic heterocycles. The van der Waals surface area contributed by atoms with Gasteiger partial charge in [0.15, 0.2) is 9.84 Å². The lowest BCUT2D eigenvalue weighted by Gasteiger charge is -2.25. The van der Waals surface area contributed by atoms with E-state index in [1.165, 1.54) is 12.1 Å². The molecule has 0 heterocycles. The van der Waals surface area contributed by atoms with E-state index in [-0.39, 0.29) is 16.9 Å². The van der Waals surface area contributed by atoms with E-state index in [9.17, 15) is 8.42 Å². The van der Waals surface area contributed by atoms with Crippen molar-refractivity contribution in [1.29, 1.82) is 0 Å². The van der Waals surface area contributed by atoms with Crippen molar-refractivity contribution in [2.75, 3.05) is 30.5 Å². The van der Waals surface area contributed by atoms with Crippen LogP contribution in [0.2, 0.25) is 0 Å². The Hall–Kier alpha value is -1.27. The Morgan fingerprint density at radius 3 is 2.47 bits per heavy atom. The monoisotopic (exact) mass is 286 g/mol. The minimum Gasteiger partial charge on any atom is -0.397 e. The summed E-state index contributed by atoms with van der Waals surface area (Å²) in [7, 11) is -3.23. The van der Waals surface area contributed by atoms with Crippen molar-refractivity contribution in [3.8, 4) is 0 Å². The van der Waals surface area contributed by atoms with Crippen LogP contribution in [0.3, 0.4) is 0 Å². The smallest absolute Gasteiger partial charge is 0.175 e. The van der Waals surface area contributed by atoms with Crippen LogP contribution in [-0.4, -0.2) is 32.9 Å². The molecule has 108 valence electrons. The zero-order chi connectivity index (χ0) is 14.7. The average Bonchev–Trinajstić information content (AvgIpc) is 2.26. The molecule has 1 aromatic rings. The molecule has 0 aliphatic rings. The fraction of sp³-hybridized carbons (Fsp3) is 0.538. The Labute approximate surface area is 114 Å². The first kappa shape index (κ1) is 15.8. The Balaban J connectivity index is 2.82. The van der Waals surface area contributed by atoms with Crippen LogP contribution in [0.5, 0.6) is 0 Å². The molecule has 1 aromatic carbocycles. The lowest BCUT2D eigenvalue weighted by Crippen LogP contribution is -2.24. The molecule has 0 amide bonds. The van der Waals surface area contributed by atoms with Gasteiger partial charge in [-0.05, 0) is 30.0 Å². The lowest BCUT2D eigenvalue weighted by atomic mass is 9.89. The molecular formula is C13H22N2O3S. The van der Waals surface area contributed by atoms with Crippen molar-refractivity contribution in [1.82, 2.24) is 0 Å². The van der Waals surface area contributed by atoms with Crippen LogP contribution < -0.4 is 11.1 Å². The topological polar surface area (TPSA) is 92.4 Å². The van der Waals surface area contributed by atoms with Crippen LogP contribution in [0.1, 0.15) is 20.3 Å². The van der Waals surface area contributed by atoms with Gasteiger partial charge in [0.05, 0.1) is 16.3 Å². The Bertz CT molecular complexity index is 539. The molecule has 0 saturated heterocycles. The SMILES string of the molecule is CC(C)(CCO)CNc1ccc(S(C)(=O)=O)cc1N. The number of sulfone groups is 1. The van der Waals surface area contributed by atoms with Crippen LogP contribution in [0.4, 0.5) is 11.4 Å². The van der Waals surface area contributed by atoms with Gasteiger partial charge in [0, 0.05) is 19.4 Å². The van der Waals surface area contributed by atoms with Gasteiger partial charge >= 0.3 is 0 Å². The van der Waals surface area contributed by atoms with E-state index >= 15 is 0 Å². The maximum Gasteiger partial charge on any atom is 0.175 e. The molecule has 0 aromatic heterocycles. The van der Waals surface area contributed by atoms with Gasteiger partial charge in [-0.15, -0.1) is 0 Å². The highest BCUT2D eigenvalue weighted by atomic mass is 32.2. The quantitative estimate of drug-likeness (QED) is 0.689. The Morgan fingerprint density at radius 1 is 1.37 bits per heavy atom. The number of nitrogens with two attached hydrogens (primary N) is 1. The molecule has 0 bridgehead atoms. The zero-order valence-electron chi connectivity index (χ0n) is 11.6. The third-order valence-corrected chi connectivity index (χ3v) is 4.11. The first-order chi connectivity index (χ1) is 8.65. The summed E-state index contributed by atoms with van der Waals surface area (Å²) in [4.78, 5) is 0.213. The van der Waals surface area contributed by atoms with Crippen LogP contribution in [0, 0.1) is 5.41 Å². The maximum absolute atomic E-state index is 11.4. The number of aliphatic hydroxyl groups excluding tert-OH is 1. The molecular weight excluding hydrogens is 264 g/mol. The van der Waals surface area contributed by atoms with Gasteiger partial charge in [-0.2, -0.15) is 0 Å². The maximum atomic E-state index is 11.4. The zero-order valence-corrected chi connectivity index (χ0v) is 12.4.